The van der Waals surface area contributed by atoms with Gasteiger partial charge in [-0.1, -0.05) is 18.2 Å². The summed E-state index contributed by atoms with van der Waals surface area (Å²) < 4.78 is 0. The molecule has 6 N–H and O–H groups in total. The van der Waals surface area contributed by atoms with E-state index in [2.05, 4.69) is 18.7 Å². The van der Waals surface area contributed by atoms with Crippen LogP contribution in [0, 0.1) is 11.8 Å². The first-order chi connectivity index (χ1) is 18.7. The molecule has 0 bridgehead atoms. The van der Waals surface area contributed by atoms with E-state index in [1.165, 1.54) is 4.90 Å². The molecule has 10 nitrogen and oxygen atoms in total. The molecule has 0 aliphatic heterocycles. The number of primary amides is 1. The molecule has 3 aliphatic carbocycles. The van der Waals surface area contributed by atoms with E-state index in [1.54, 1.807) is 14.1 Å². The average molecular weight is 550 g/mol. The van der Waals surface area contributed by atoms with E-state index >= 15 is 0 Å². The Kier molecular flexibility index (Phi) is 6.56. The number of aromatic hydroxyl groups is 1. The Morgan fingerprint density at radius 2 is 1.80 bits per heavy atom. The number of likely N-dealkylation sites (N-methyl/N-ethyl adjacent to an activating group) is 1. The van der Waals surface area contributed by atoms with Gasteiger partial charge in [0.25, 0.3) is 5.91 Å². The smallest absolute Gasteiger partial charge is 0.255 e. The van der Waals surface area contributed by atoms with Crippen molar-refractivity contribution < 1.29 is 34.8 Å². The van der Waals surface area contributed by atoms with Crippen LogP contribution in [0.25, 0.3) is 10.8 Å². The van der Waals surface area contributed by atoms with Gasteiger partial charge in [-0.05, 0) is 76.3 Å². The number of fused-ring (bicyclic) bond motifs is 4. The summed E-state index contributed by atoms with van der Waals surface area (Å²) in [6.07, 6.45) is 0.320. The summed E-state index contributed by atoms with van der Waals surface area (Å²) >= 11 is 0. The molecule has 5 rings (SSSR count). The summed E-state index contributed by atoms with van der Waals surface area (Å²) in [7, 11) is 5.20. The van der Waals surface area contributed by atoms with E-state index in [9.17, 15) is 34.8 Å². The molecule has 0 fully saturated rings. The number of hydrogen-bond acceptors (Lipinski definition) is 9. The monoisotopic (exact) mass is 549 g/mol. The molecule has 0 heterocycles. The van der Waals surface area contributed by atoms with Crippen LogP contribution in [0.1, 0.15) is 41.8 Å². The SMILES string of the molecule is CC(C)N(C)Cc1ccc2cc3c(c(O)c2c1)C(=O)C1=C(O)[C@]2(O)C(=O)C(C(N)=O)=C(O)[C@@H](N(C)C)[C@@H]2C[C@@H]1C3. The third-order valence-corrected chi connectivity index (χ3v) is 8.90. The van der Waals surface area contributed by atoms with Crippen LogP contribution in [0.3, 0.4) is 0 Å². The number of aliphatic hydroxyl groups is 3. The fourth-order valence-electron chi connectivity index (χ4n) is 6.63. The molecule has 0 saturated heterocycles. The maximum absolute atomic E-state index is 13.9. The van der Waals surface area contributed by atoms with Gasteiger partial charge in [0.15, 0.2) is 11.4 Å². The van der Waals surface area contributed by atoms with Crippen molar-refractivity contribution in [1.29, 1.82) is 0 Å². The first-order valence-electron chi connectivity index (χ1n) is 13.3. The van der Waals surface area contributed by atoms with Crippen molar-refractivity contribution in [3.63, 3.8) is 0 Å². The summed E-state index contributed by atoms with van der Waals surface area (Å²) in [5.41, 5.74) is 3.31. The number of nitrogens with zero attached hydrogens (tertiary/aromatic N) is 2. The van der Waals surface area contributed by atoms with Crippen molar-refractivity contribution in [2.24, 2.45) is 17.6 Å². The van der Waals surface area contributed by atoms with Crippen molar-refractivity contribution in [3.8, 4) is 5.75 Å². The number of amides is 1. The Morgan fingerprint density at radius 1 is 1.12 bits per heavy atom. The van der Waals surface area contributed by atoms with Crippen LogP contribution >= 0.6 is 0 Å². The number of phenolic OH excluding ortho intramolecular Hbond substituents is 1. The summed E-state index contributed by atoms with van der Waals surface area (Å²) in [5, 5.41) is 46.6. The number of phenols is 1. The predicted molar refractivity (Wildman–Crippen MR) is 148 cm³/mol. The Hall–Kier alpha value is -3.73. The zero-order valence-corrected chi connectivity index (χ0v) is 23.2. The standard InChI is InChI=1S/C30H35N3O7/c1-13(2)33(5)12-14-6-7-15-9-16-10-17-11-19-23(32(3)4)26(36)22(29(31)39)28(38)30(19,40)27(37)21(17)25(35)20(16)24(34)18(15)8-14/h6-9,13,17,19,23,34,36-37,40H,10-12H2,1-5H3,(H2,31,39)/t17-,19-,23-,30-/m0/s1. The van der Waals surface area contributed by atoms with Crippen LogP contribution in [0.4, 0.5) is 0 Å². The van der Waals surface area contributed by atoms with Crippen LogP contribution in [0.2, 0.25) is 0 Å². The molecular weight excluding hydrogens is 514 g/mol. The Bertz CT molecular complexity index is 1540. The highest BCUT2D eigenvalue weighted by atomic mass is 16.3. The number of allylic oxidation sites excluding steroid dienone is 1. The van der Waals surface area contributed by atoms with Crippen LogP contribution in [0.15, 0.2) is 46.9 Å². The largest absolute Gasteiger partial charge is 0.510 e. The van der Waals surface area contributed by atoms with Gasteiger partial charge >= 0.3 is 0 Å². The van der Waals surface area contributed by atoms with Crippen LogP contribution in [-0.4, -0.2) is 86.5 Å². The number of hydrogen-bond donors (Lipinski definition) is 5. The molecule has 212 valence electrons. The highest BCUT2D eigenvalue weighted by Gasteiger charge is 2.63. The average Bonchev–Trinajstić information content (AvgIpc) is 2.86. The molecule has 40 heavy (non-hydrogen) atoms. The van der Waals surface area contributed by atoms with Crippen molar-refractivity contribution in [1.82, 2.24) is 9.80 Å². The number of ketones is 2. The fraction of sp³-hybridized carbons (Fsp3) is 0.433. The third kappa shape index (κ3) is 3.85. The molecule has 0 radical (unpaired) electrons. The zero-order valence-electron chi connectivity index (χ0n) is 23.2. The predicted octanol–water partition coefficient (Wildman–Crippen LogP) is 2.11. The Morgan fingerprint density at radius 3 is 2.40 bits per heavy atom. The van der Waals surface area contributed by atoms with Crippen LogP contribution in [-0.2, 0) is 22.6 Å². The molecular formula is C30H35N3O7. The number of benzene rings is 2. The number of carbonyl (C=O) groups excluding carboxylic acids is 3. The van der Waals surface area contributed by atoms with E-state index in [-0.39, 0.29) is 29.7 Å². The van der Waals surface area contributed by atoms with E-state index < -0.39 is 58.0 Å². The van der Waals surface area contributed by atoms with Gasteiger partial charge < -0.3 is 26.2 Å². The summed E-state index contributed by atoms with van der Waals surface area (Å²) in [6, 6.07) is 6.87. The fourth-order valence-corrected chi connectivity index (χ4v) is 6.63. The first-order valence-corrected chi connectivity index (χ1v) is 13.3. The van der Waals surface area contributed by atoms with Gasteiger partial charge in [-0.15, -0.1) is 0 Å². The van der Waals surface area contributed by atoms with Gasteiger partial charge in [0.2, 0.25) is 5.78 Å². The van der Waals surface area contributed by atoms with E-state index in [1.807, 2.05) is 31.3 Å². The molecule has 2 aromatic rings. The van der Waals surface area contributed by atoms with Gasteiger partial charge in [0, 0.05) is 29.5 Å². The van der Waals surface area contributed by atoms with E-state index in [0.29, 0.717) is 23.5 Å². The van der Waals surface area contributed by atoms with Gasteiger partial charge in [-0.25, -0.2) is 0 Å². The van der Waals surface area contributed by atoms with Crippen molar-refractivity contribution in [3.05, 3.63) is 63.6 Å². The number of nitrogens with two attached hydrogens (primary N) is 1. The molecule has 1 amide bonds. The second-order valence-electron chi connectivity index (χ2n) is 11.8. The van der Waals surface area contributed by atoms with Crippen LogP contribution in [0.5, 0.6) is 5.75 Å². The minimum absolute atomic E-state index is 0.0163. The molecule has 4 atom stereocenters. The molecule has 0 spiro atoms. The van der Waals surface area contributed by atoms with Crippen molar-refractivity contribution in [2.45, 2.75) is 50.9 Å². The normalized spacial score (nSPS) is 26.6. The highest BCUT2D eigenvalue weighted by Crippen LogP contribution is 2.52. The van der Waals surface area contributed by atoms with Crippen LogP contribution < -0.4 is 5.73 Å². The Balaban J connectivity index is 1.66. The molecule has 0 aromatic heterocycles. The summed E-state index contributed by atoms with van der Waals surface area (Å²) in [5.74, 6) is -6.49. The van der Waals surface area contributed by atoms with E-state index in [0.717, 1.165) is 10.9 Å². The van der Waals surface area contributed by atoms with E-state index in [4.69, 9.17) is 5.73 Å². The van der Waals surface area contributed by atoms with Crippen molar-refractivity contribution in [2.75, 3.05) is 21.1 Å². The minimum Gasteiger partial charge on any atom is -0.510 e. The highest BCUT2D eigenvalue weighted by molar-refractivity contribution is 6.25. The second kappa shape index (κ2) is 9.43. The maximum atomic E-state index is 13.9. The lowest BCUT2D eigenvalue weighted by Crippen LogP contribution is -2.63. The van der Waals surface area contributed by atoms with Gasteiger partial charge in [-0.3, -0.25) is 24.2 Å². The summed E-state index contributed by atoms with van der Waals surface area (Å²) in [6.45, 7) is 4.79. The number of aliphatic hydroxyl groups excluding tert-OH is 2. The lowest BCUT2D eigenvalue weighted by Gasteiger charge is -2.50. The molecule has 0 saturated carbocycles. The number of rotatable bonds is 5. The summed E-state index contributed by atoms with van der Waals surface area (Å²) in [4.78, 5) is 43.1. The lowest BCUT2D eigenvalue weighted by atomic mass is 9.58. The Labute approximate surface area is 232 Å². The van der Waals surface area contributed by atoms with Crippen molar-refractivity contribution >= 4 is 28.2 Å². The van der Waals surface area contributed by atoms with Gasteiger partial charge in [0.05, 0.1) is 11.6 Å². The van der Waals surface area contributed by atoms with Gasteiger partial charge in [-0.2, -0.15) is 0 Å². The molecule has 10 heteroatoms. The minimum atomic E-state index is -2.65. The zero-order chi connectivity index (χ0) is 29.4. The molecule has 2 aromatic carbocycles. The number of carbonyl (C=O) groups is 3. The van der Waals surface area contributed by atoms with Gasteiger partial charge in [0.1, 0.15) is 22.8 Å². The number of Topliss-reactive ketones (excluding diaryl/α,β-unsaturated/α-hetero) is 2. The second-order valence-corrected chi connectivity index (χ2v) is 11.8. The molecule has 0 unspecified atom stereocenters. The first kappa shape index (κ1) is 27.8. The quantitative estimate of drug-likeness (QED) is 0.351. The third-order valence-electron chi connectivity index (χ3n) is 8.90. The molecule has 3 aliphatic rings. The lowest BCUT2D eigenvalue weighted by molar-refractivity contribution is -0.148. The topological polar surface area (TPSA) is 165 Å². The maximum Gasteiger partial charge on any atom is 0.255 e.